The Bertz CT molecular complexity index is 460. The van der Waals surface area contributed by atoms with Gasteiger partial charge < -0.3 is 10.1 Å². The highest BCUT2D eigenvalue weighted by Crippen LogP contribution is 2.12. The summed E-state index contributed by atoms with van der Waals surface area (Å²) in [4.78, 5) is 22.8. The van der Waals surface area contributed by atoms with Gasteiger partial charge in [-0.1, -0.05) is 35.5 Å². The monoisotopic (exact) mass is 312 g/mol. The molecule has 0 heterocycles. The van der Waals surface area contributed by atoms with Gasteiger partial charge in [-0.2, -0.15) is 4.91 Å². The molecule has 0 radical (unpaired) electrons. The van der Waals surface area contributed by atoms with Crippen molar-refractivity contribution >= 4 is 17.7 Å². The third kappa shape index (κ3) is 6.58. The molecule has 116 valence electrons. The fraction of sp³-hybridized carbons (Fsp3) is 0.533. The van der Waals surface area contributed by atoms with Crippen LogP contribution in [0.3, 0.4) is 0 Å². The minimum atomic E-state index is -0.709. The smallest absolute Gasteiger partial charge is 0.407 e. The van der Waals surface area contributed by atoms with E-state index in [9.17, 15) is 9.70 Å². The zero-order valence-electron chi connectivity index (χ0n) is 12.5. The summed E-state index contributed by atoms with van der Waals surface area (Å²) < 4.78 is 5.21. The first-order valence-corrected chi connectivity index (χ1v) is 7.31. The molecule has 0 aliphatic heterocycles. The number of nitroso groups, excluding NO2 is 1. The Morgan fingerprint density at radius 3 is 2.43 bits per heavy atom. The summed E-state index contributed by atoms with van der Waals surface area (Å²) in [5, 5.41) is 5.68. The van der Waals surface area contributed by atoms with Crippen molar-refractivity contribution in [1.82, 2.24) is 5.32 Å². The number of nitrogens with one attached hydrogen (secondary N) is 1. The Hall–Kier alpha value is -1.62. The Kier molecular flexibility index (Phi) is 6.62. The van der Waals surface area contributed by atoms with E-state index >= 15 is 0 Å². The van der Waals surface area contributed by atoms with Crippen LogP contribution in [0.1, 0.15) is 26.3 Å². The number of nitrogens with zero attached hydrogens (tertiary/aromatic N) is 1. The Balaban J connectivity index is 2.78. The van der Waals surface area contributed by atoms with Gasteiger partial charge in [-0.15, -0.1) is 11.6 Å². The first-order valence-electron chi connectivity index (χ1n) is 6.77. The maximum absolute atomic E-state index is 11.9. The molecule has 1 amide bonds. The fourth-order valence-corrected chi connectivity index (χ4v) is 2.09. The predicted molar refractivity (Wildman–Crippen MR) is 83.6 cm³/mol. The highest BCUT2D eigenvalue weighted by molar-refractivity contribution is 6.18. The normalized spacial score (nSPS) is 14.1. The molecule has 1 rings (SSSR count). The minimum Gasteiger partial charge on any atom is -0.444 e. The molecule has 6 heteroatoms. The quantitative estimate of drug-likeness (QED) is 0.645. The van der Waals surface area contributed by atoms with E-state index in [0.717, 1.165) is 5.56 Å². The van der Waals surface area contributed by atoms with Crippen LogP contribution in [-0.2, 0) is 11.2 Å². The van der Waals surface area contributed by atoms with Gasteiger partial charge in [0.05, 0.1) is 11.9 Å². The topological polar surface area (TPSA) is 67.8 Å². The SMILES string of the molecule is CC(C)(C)OC(=O)N[C@@H](Cc1ccccc1)[C@H](CCl)N=O. The van der Waals surface area contributed by atoms with Crippen LogP contribution in [0.5, 0.6) is 0 Å². The van der Waals surface area contributed by atoms with E-state index < -0.39 is 23.8 Å². The molecule has 0 aliphatic rings. The van der Waals surface area contributed by atoms with E-state index in [-0.39, 0.29) is 5.88 Å². The predicted octanol–water partition coefficient (Wildman–Crippen LogP) is 3.50. The van der Waals surface area contributed by atoms with Crippen LogP contribution in [0.4, 0.5) is 4.79 Å². The molecule has 5 nitrogen and oxygen atoms in total. The molecule has 0 unspecified atom stereocenters. The zero-order chi connectivity index (χ0) is 15.9. The highest BCUT2D eigenvalue weighted by atomic mass is 35.5. The van der Waals surface area contributed by atoms with Crippen LogP contribution in [0.2, 0.25) is 0 Å². The lowest BCUT2D eigenvalue weighted by Crippen LogP contribution is -2.46. The number of halogens is 1. The maximum atomic E-state index is 11.9. The average Bonchev–Trinajstić information content (AvgIpc) is 2.39. The van der Waals surface area contributed by atoms with Crippen molar-refractivity contribution in [1.29, 1.82) is 0 Å². The number of hydrogen-bond acceptors (Lipinski definition) is 4. The van der Waals surface area contributed by atoms with Crippen LogP contribution in [0.25, 0.3) is 0 Å². The van der Waals surface area contributed by atoms with E-state index in [1.807, 2.05) is 30.3 Å². The average molecular weight is 313 g/mol. The summed E-state index contributed by atoms with van der Waals surface area (Å²) >= 11 is 5.76. The largest absolute Gasteiger partial charge is 0.444 e. The minimum absolute atomic E-state index is 0.0385. The maximum Gasteiger partial charge on any atom is 0.407 e. The van der Waals surface area contributed by atoms with Crippen molar-refractivity contribution in [3.05, 3.63) is 40.8 Å². The second-order valence-corrected chi connectivity index (χ2v) is 6.08. The van der Waals surface area contributed by atoms with E-state index in [0.29, 0.717) is 6.42 Å². The second kappa shape index (κ2) is 7.98. The number of ether oxygens (including phenoxy) is 1. The zero-order valence-corrected chi connectivity index (χ0v) is 13.3. The van der Waals surface area contributed by atoms with Crippen molar-refractivity contribution in [2.75, 3.05) is 5.88 Å². The highest BCUT2D eigenvalue weighted by Gasteiger charge is 2.26. The Morgan fingerprint density at radius 1 is 1.33 bits per heavy atom. The van der Waals surface area contributed by atoms with Gasteiger partial charge >= 0.3 is 6.09 Å². The first-order chi connectivity index (χ1) is 9.85. The number of rotatable bonds is 6. The molecule has 0 aliphatic carbocycles. The van der Waals surface area contributed by atoms with Gasteiger partial charge in [0, 0.05) is 0 Å². The van der Waals surface area contributed by atoms with Crippen molar-refractivity contribution < 1.29 is 9.53 Å². The van der Waals surface area contributed by atoms with E-state index in [4.69, 9.17) is 16.3 Å². The molecule has 1 aromatic rings. The van der Waals surface area contributed by atoms with Crippen LogP contribution in [0.15, 0.2) is 35.5 Å². The van der Waals surface area contributed by atoms with Gasteiger partial charge in [-0.3, -0.25) is 0 Å². The third-order valence-corrected chi connectivity index (χ3v) is 3.07. The summed E-state index contributed by atoms with van der Waals surface area (Å²) in [5.74, 6) is 0.0385. The molecular weight excluding hydrogens is 292 g/mol. The number of amides is 1. The van der Waals surface area contributed by atoms with Gasteiger partial charge in [-0.05, 0) is 32.8 Å². The standard InChI is InChI=1S/C15H21ClN2O3/c1-15(2,3)21-14(19)17-12(13(10-16)18-20)9-11-7-5-4-6-8-11/h4-8,12-13H,9-10H2,1-3H3,(H,17,19)/t12-,13-/m0/s1. The molecule has 0 bridgehead atoms. The number of alkyl halides is 1. The summed E-state index contributed by atoms with van der Waals surface area (Å²) in [5.41, 5.74) is 0.379. The van der Waals surface area contributed by atoms with Gasteiger partial charge in [0.2, 0.25) is 0 Å². The van der Waals surface area contributed by atoms with Crippen LogP contribution in [-0.4, -0.2) is 29.7 Å². The molecular formula is C15H21ClN2O3. The third-order valence-electron chi connectivity index (χ3n) is 2.76. The lowest BCUT2D eigenvalue weighted by Gasteiger charge is -2.25. The van der Waals surface area contributed by atoms with Crippen LogP contribution >= 0.6 is 11.6 Å². The van der Waals surface area contributed by atoms with Crippen molar-refractivity contribution in [3.63, 3.8) is 0 Å². The number of hydrogen-bond donors (Lipinski definition) is 1. The van der Waals surface area contributed by atoms with Gasteiger partial charge in [0.15, 0.2) is 0 Å². The Morgan fingerprint density at radius 2 is 1.95 bits per heavy atom. The van der Waals surface area contributed by atoms with Gasteiger partial charge in [-0.25, -0.2) is 4.79 Å². The molecule has 1 aromatic carbocycles. The van der Waals surface area contributed by atoms with E-state index in [1.165, 1.54) is 0 Å². The second-order valence-electron chi connectivity index (χ2n) is 5.77. The van der Waals surface area contributed by atoms with E-state index in [2.05, 4.69) is 10.5 Å². The van der Waals surface area contributed by atoms with Crippen LogP contribution in [0, 0.1) is 4.91 Å². The van der Waals surface area contributed by atoms with E-state index in [1.54, 1.807) is 20.8 Å². The summed E-state index contributed by atoms with van der Waals surface area (Å²) in [6.45, 7) is 5.32. The summed E-state index contributed by atoms with van der Waals surface area (Å²) in [6, 6.07) is 8.31. The molecule has 0 aromatic heterocycles. The fourth-order valence-electron chi connectivity index (χ4n) is 1.82. The molecule has 0 saturated heterocycles. The number of carbonyl (C=O) groups excluding carboxylic acids is 1. The molecule has 0 spiro atoms. The molecule has 2 atom stereocenters. The lowest BCUT2D eigenvalue weighted by atomic mass is 10.0. The number of benzene rings is 1. The first kappa shape index (κ1) is 17.4. The Labute approximate surface area is 130 Å². The summed E-state index contributed by atoms with van der Waals surface area (Å²) in [7, 11) is 0. The molecule has 0 saturated carbocycles. The van der Waals surface area contributed by atoms with Gasteiger partial charge in [0.1, 0.15) is 11.6 Å². The number of carbonyl (C=O) groups is 1. The van der Waals surface area contributed by atoms with Crippen molar-refractivity contribution in [2.45, 2.75) is 44.9 Å². The summed E-state index contributed by atoms with van der Waals surface area (Å²) in [6.07, 6.45) is -0.120. The molecule has 0 fully saturated rings. The number of alkyl carbamates (subject to hydrolysis) is 1. The van der Waals surface area contributed by atoms with Gasteiger partial charge in [0.25, 0.3) is 0 Å². The van der Waals surface area contributed by atoms with Crippen molar-refractivity contribution in [3.8, 4) is 0 Å². The molecule has 1 N–H and O–H groups in total. The van der Waals surface area contributed by atoms with Crippen LogP contribution < -0.4 is 5.32 Å². The van der Waals surface area contributed by atoms with Crippen molar-refractivity contribution in [2.24, 2.45) is 5.18 Å². The molecule has 21 heavy (non-hydrogen) atoms. The lowest BCUT2D eigenvalue weighted by molar-refractivity contribution is 0.0498.